The van der Waals surface area contributed by atoms with Crippen molar-refractivity contribution >= 4 is 6.09 Å². The van der Waals surface area contributed by atoms with Gasteiger partial charge in [-0.1, -0.05) is 42.2 Å². The molecule has 0 unspecified atom stereocenters. The molecule has 0 radical (unpaired) electrons. The van der Waals surface area contributed by atoms with Crippen molar-refractivity contribution in [1.82, 2.24) is 5.32 Å². The van der Waals surface area contributed by atoms with E-state index < -0.39 is 6.09 Å². The Morgan fingerprint density at radius 1 is 1.17 bits per heavy atom. The number of aryl methyl sites for hydroxylation is 1. The van der Waals surface area contributed by atoms with E-state index in [0.717, 1.165) is 22.4 Å². The van der Waals surface area contributed by atoms with E-state index in [0.29, 0.717) is 0 Å². The topological polar surface area (TPSA) is 47.6 Å². The van der Waals surface area contributed by atoms with Gasteiger partial charge in [-0.2, -0.15) is 0 Å². The Bertz CT molecular complexity index is 714. The molecule has 23 heavy (non-hydrogen) atoms. The maximum Gasteiger partial charge on any atom is 0.408 e. The van der Waals surface area contributed by atoms with Crippen molar-refractivity contribution in [3.63, 3.8) is 0 Å². The zero-order chi connectivity index (χ0) is 16.5. The number of carbonyl (C=O) groups excluding carboxylic acids is 1. The molecule has 2 rings (SSSR count). The monoisotopic (exact) mass is 309 g/mol. The van der Waals surface area contributed by atoms with E-state index in [9.17, 15) is 4.79 Å². The number of carbonyl (C=O) groups is 1. The number of alkyl carbamates (subject to hydrolysis) is 1. The molecule has 2 aromatic carbocycles. The highest BCUT2D eigenvalue weighted by Crippen LogP contribution is 2.17. The Morgan fingerprint density at radius 3 is 2.65 bits per heavy atom. The van der Waals surface area contributed by atoms with Crippen LogP contribution in [0.4, 0.5) is 4.79 Å². The summed E-state index contributed by atoms with van der Waals surface area (Å²) in [5.41, 5.74) is 2.85. The molecular weight excluding hydrogens is 290 g/mol. The van der Waals surface area contributed by atoms with Crippen molar-refractivity contribution in [3.05, 3.63) is 65.2 Å². The Kier molecular flexibility index (Phi) is 6.07. The summed E-state index contributed by atoms with van der Waals surface area (Å²) in [6, 6.07) is 15.2. The molecule has 0 aromatic heterocycles. The molecule has 1 N–H and O–H groups in total. The van der Waals surface area contributed by atoms with Gasteiger partial charge in [0.2, 0.25) is 0 Å². The van der Waals surface area contributed by atoms with Gasteiger partial charge in [-0.05, 0) is 36.2 Å². The zero-order valence-electron chi connectivity index (χ0n) is 13.3. The van der Waals surface area contributed by atoms with Crippen molar-refractivity contribution in [3.8, 4) is 17.6 Å². The van der Waals surface area contributed by atoms with Crippen LogP contribution in [0.25, 0.3) is 0 Å². The van der Waals surface area contributed by atoms with Crippen LogP contribution in [-0.4, -0.2) is 19.7 Å². The average molecular weight is 309 g/mol. The second kappa shape index (κ2) is 8.50. The van der Waals surface area contributed by atoms with Crippen LogP contribution < -0.4 is 10.1 Å². The number of benzene rings is 2. The van der Waals surface area contributed by atoms with Gasteiger partial charge in [-0.25, -0.2) is 4.79 Å². The lowest BCUT2D eigenvalue weighted by Crippen LogP contribution is -2.24. The van der Waals surface area contributed by atoms with E-state index in [1.807, 2.05) is 55.5 Å². The third-order valence-electron chi connectivity index (χ3n) is 3.16. The number of hydrogen-bond donors (Lipinski definition) is 1. The molecule has 4 heteroatoms. The average Bonchev–Trinajstić information content (AvgIpc) is 2.58. The molecule has 0 saturated heterocycles. The maximum absolute atomic E-state index is 11.5. The first-order valence-electron chi connectivity index (χ1n) is 7.27. The maximum atomic E-state index is 11.5. The summed E-state index contributed by atoms with van der Waals surface area (Å²) in [4.78, 5) is 11.5. The summed E-state index contributed by atoms with van der Waals surface area (Å²) >= 11 is 0. The Labute approximate surface area is 136 Å². The van der Waals surface area contributed by atoms with Gasteiger partial charge in [0.1, 0.15) is 12.4 Å². The first-order chi connectivity index (χ1) is 11.2. The fraction of sp³-hybridized carbons (Fsp3) is 0.211. The molecule has 4 nitrogen and oxygen atoms in total. The summed E-state index contributed by atoms with van der Waals surface area (Å²) in [5.74, 6) is 6.71. The second-order valence-electron chi connectivity index (χ2n) is 4.90. The number of ether oxygens (including phenoxy) is 2. The van der Waals surface area contributed by atoms with Gasteiger partial charge < -0.3 is 14.8 Å². The third kappa shape index (κ3) is 5.40. The predicted molar refractivity (Wildman–Crippen MR) is 89.2 cm³/mol. The molecule has 0 spiro atoms. The highest BCUT2D eigenvalue weighted by molar-refractivity contribution is 5.67. The number of nitrogens with one attached hydrogen (secondary N) is 1. The summed E-state index contributed by atoms with van der Waals surface area (Å²) in [6.45, 7) is 2.44. The molecule has 0 atom stereocenters. The molecule has 0 fully saturated rings. The van der Waals surface area contributed by atoms with Gasteiger partial charge in [0, 0.05) is 5.56 Å². The smallest absolute Gasteiger partial charge is 0.408 e. The fourth-order valence-corrected chi connectivity index (χ4v) is 1.99. The summed E-state index contributed by atoms with van der Waals surface area (Å²) in [7, 11) is 1.64. The van der Waals surface area contributed by atoms with Crippen LogP contribution in [0.2, 0.25) is 0 Å². The van der Waals surface area contributed by atoms with Crippen molar-refractivity contribution < 1.29 is 14.3 Å². The van der Waals surface area contributed by atoms with Gasteiger partial charge in [0.05, 0.1) is 13.7 Å². The van der Waals surface area contributed by atoms with E-state index in [2.05, 4.69) is 17.2 Å². The molecule has 0 aliphatic heterocycles. The van der Waals surface area contributed by atoms with Crippen molar-refractivity contribution in [1.29, 1.82) is 0 Å². The van der Waals surface area contributed by atoms with Gasteiger partial charge in [-0.3, -0.25) is 0 Å². The Hall–Kier alpha value is -2.93. The minimum Gasteiger partial charge on any atom is -0.496 e. The third-order valence-corrected chi connectivity index (χ3v) is 3.16. The number of hydrogen-bond acceptors (Lipinski definition) is 3. The summed E-state index contributed by atoms with van der Waals surface area (Å²) in [6.07, 6.45) is -0.478. The zero-order valence-corrected chi connectivity index (χ0v) is 13.3. The summed E-state index contributed by atoms with van der Waals surface area (Å²) in [5, 5.41) is 2.60. The minimum absolute atomic E-state index is 0.235. The van der Waals surface area contributed by atoms with E-state index >= 15 is 0 Å². The highest BCUT2D eigenvalue weighted by atomic mass is 16.5. The lowest BCUT2D eigenvalue weighted by Gasteiger charge is -2.04. The summed E-state index contributed by atoms with van der Waals surface area (Å²) < 4.78 is 10.3. The van der Waals surface area contributed by atoms with Crippen molar-refractivity contribution in [2.75, 3.05) is 13.7 Å². The number of amides is 1. The number of rotatable bonds is 4. The van der Waals surface area contributed by atoms with E-state index in [1.165, 1.54) is 0 Å². The van der Waals surface area contributed by atoms with Crippen LogP contribution in [0.1, 0.15) is 16.7 Å². The second-order valence-corrected chi connectivity index (χ2v) is 4.90. The first-order valence-corrected chi connectivity index (χ1v) is 7.27. The van der Waals surface area contributed by atoms with Crippen LogP contribution in [0, 0.1) is 18.8 Å². The molecule has 0 bridgehead atoms. The van der Waals surface area contributed by atoms with Crippen LogP contribution >= 0.6 is 0 Å². The molecule has 0 aliphatic carbocycles. The standard InChI is InChI=1S/C19H19NO3/c1-15-13-16(10-11-18(15)22-2)9-6-12-20-19(21)23-14-17-7-4-3-5-8-17/h3-5,7-8,10-11,13H,12,14H2,1-2H3,(H,20,21). The minimum atomic E-state index is -0.478. The van der Waals surface area contributed by atoms with Crippen LogP contribution in [-0.2, 0) is 11.3 Å². The molecule has 0 aliphatic rings. The Balaban J connectivity index is 1.76. The first kappa shape index (κ1) is 16.4. The normalized spacial score (nSPS) is 9.48. The van der Waals surface area contributed by atoms with Gasteiger partial charge in [0.15, 0.2) is 0 Å². The van der Waals surface area contributed by atoms with Gasteiger partial charge >= 0.3 is 6.09 Å². The molecule has 0 heterocycles. The van der Waals surface area contributed by atoms with E-state index in [-0.39, 0.29) is 13.2 Å². The SMILES string of the molecule is COc1ccc(C#CCNC(=O)OCc2ccccc2)cc1C. The van der Waals surface area contributed by atoms with Gasteiger partial charge in [0.25, 0.3) is 0 Å². The molecular formula is C19H19NO3. The lowest BCUT2D eigenvalue weighted by atomic mass is 10.1. The van der Waals surface area contributed by atoms with E-state index in [1.54, 1.807) is 7.11 Å². The quantitative estimate of drug-likeness (QED) is 0.882. The van der Waals surface area contributed by atoms with Crippen LogP contribution in [0.3, 0.4) is 0 Å². The molecule has 2 aromatic rings. The molecule has 118 valence electrons. The van der Waals surface area contributed by atoms with Crippen LogP contribution in [0.15, 0.2) is 48.5 Å². The lowest BCUT2D eigenvalue weighted by molar-refractivity contribution is 0.141. The number of methoxy groups -OCH3 is 1. The van der Waals surface area contributed by atoms with E-state index in [4.69, 9.17) is 9.47 Å². The Morgan fingerprint density at radius 2 is 1.96 bits per heavy atom. The van der Waals surface area contributed by atoms with Crippen molar-refractivity contribution in [2.45, 2.75) is 13.5 Å². The van der Waals surface area contributed by atoms with Gasteiger partial charge in [-0.15, -0.1) is 0 Å². The predicted octanol–water partition coefficient (Wildman–Crippen LogP) is 3.28. The van der Waals surface area contributed by atoms with Crippen LogP contribution in [0.5, 0.6) is 5.75 Å². The fourth-order valence-electron chi connectivity index (χ4n) is 1.99. The van der Waals surface area contributed by atoms with Crippen molar-refractivity contribution in [2.24, 2.45) is 0 Å². The molecule has 1 amide bonds. The largest absolute Gasteiger partial charge is 0.496 e. The highest BCUT2D eigenvalue weighted by Gasteiger charge is 2.00. The molecule has 0 saturated carbocycles.